The van der Waals surface area contributed by atoms with Gasteiger partial charge in [-0.25, -0.2) is 0 Å². The van der Waals surface area contributed by atoms with Crippen LogP contribution in [0.5, 0.6) is 0 Å². The summed E-state index contributed by atoms with van der Waals surface area (Å²) >= 11 is 3.82. The van der Waals surface area contributed by atoms with Crippen molar-refractivity contribution < 1.29 is 4.74 Å². The van der Waals surface area contributed by atoms with Crippen LogP contribution in [-0.2, 0) is 4.74 Å². The summed E-state index contributed by atoms with van der Waals surface area (Å²) in [5.74, 6) is 2.24. The van der Waals surface area contributed by atoms with Crippen LogP contribution in [0.25, 0.3) is 0 Å². The van der Waals surface area contributed by atoms with E-state index in [0.29, 0.717) is 12.1 Å². The first kappa shape index (κ1) is 12.4. The third-order valence-electron chi connectivity index (χ3n) is 2.75. The molecule has 2 nitrogen and oxygen atoms in total. The molecular weight excluding hydrogens is 238 g/mol. The summed E-state index contributed by atoms with van der Waals surface area (Å²) < 4.78 is 5.88. The van der Waals surface area contributed by atoms with Gasteiger partial charge in [-0.2, -0.15) is 11.8 Å². The highest BCUT2D eigenvalue weighted by Crippen LogP contribution is 2.28. The Labute approximate surface area is 106 Å². The third kappa shape index (κ3) is 3.00. The minimum absolute atomic E-state index is 0.327. The molecule has 2 unspecified atom stereocenters. The zero-order valence-electron chi connectivity index (χ0n) is 9.86. The number of nitrogens with one attached hydrogen (secondary N) is 1. The summed E-state index contributed by atoms with van der Waals surface area (Å²) in [5, 5.41) is 5.81. The Hall–Kier alpha value is -0.0300. The second kappa shape index (κ2) is 6.05. The van der Waals surface area contributed by atoms with Crippen molar-refractivity contribution in [3.05, 3.63) is 21.9 Å². The van der Waals surface area contributed by atoms with Crippen molar-refractivity contribution in [2.24, 2.45) is 0 Å². The largest absolute Gasteiger partial charge is 0.375 e. The van der Waals surface area contributed by atoms with Crippen LogP contribution >= 0.6 is 23.1 Å². The molecule has 0 radical (unpaired) electrons. The van der Waals surface area contributed by atoms with Crippen LogP contribution in [0.3, 0.4) is 0 Å². The van der Waals surface area contributed by atoms with Gasteiger partial charge in [-0.15, -0.1) is 11.3 Å². The van der Waals surface area contributed by atoms with E-state index in [9.17, 15) is 0 Å². The van der Waals surface area contributed by atoms with E-state index in [1.54, 1.807) is 0 Å². The summed E-state index contributed by atoms with van der Waals surface area (Å²) in [7, 11) is 0. The van der Waals surface area contributed by atoms with Crippen LogP contribution in [0.15, 0.2) is 11.4 Å². The third-order valence-corrected chi connectivity index (χ3v) is 4.65. The molecule has 0 bridgehead atoms. The van der Waals surface area contributed by atoms with Gasteiger partial charge in [-0.1, -0.05) is 6.92 Å². The smallest absolute Gasteiger partial charge is 0.0860 e. The number of hydrogen-bond acceptors (Lipinski definition) is 4. The van der Waals surface area contributed by atoms with Gasteiger partial charge in [0, 0.05) is 16.4 Å². The molecule has 2 atom stereocenters. The molecule has 0 spiro atoms. The van der Waals surface area contributed by atoms with Gasteiger partial charge >= 0.3 is 0 Å². The molecule has 1 saturated heterocycles. The van der Waals surface area contributed by atoms with Crippen molar-refractivity contribution in [3.8, 4) is 0 Å². The summed E-state index contributed by atoms with van der Waals surface area (Å²) in [4.78, 5) is 1.38. The second-order valence-corrected chi connectivity index (χ2v) is 6.28. The Morgan fingerprint density at radius 2 is 2.50 bits per heavy atom. The predicted molar refractivity (Wildman–Crippen MR) is 72.5 cm³/mol. The van der Waals surface area contributed by atoms with Gasteiger partial charge in [0.05, 0.1) is 18.8 Å². The molecule has 0 amide bonds. The zero-order valence-corrected chi connectivity index (χ0v) is 11.5. The van der Waals surface area contributed by atoms with E-state index in [1.165, 1.54) is 10.4 Å². The van der Waals surface area contributed by atoms with Gasteiger partial charge in [0.25, 0.3) is 0 Å². The summed E-state index contributed by atoms with van der Waals surface area (Å²) in [6.45, 7) is 6.19. The molecule has 0 aromatic carbocycles. The Kier molecular flexibility index (Phi) is 4.70. The van der Waals surface area contributed by atoms with Crippen LogP contribution in [0.1, 0.15) is 23.4 Å². The minimum Gasteiger partial charge on any atom is -0.375 e. The lowest BCUT2D eigenvalue weighted by molar-refractivity contribution is 0.0473. The monoisotopic (exact) mass is 257 g/mol. The average Bonchev–Trinajstić information content (AvgIpc) is 2.74. The molecule has 2 heterocycles. The number of ether oxygens (including phenoxy) is 1. The maximum atomic E-state index is 5.88. The summed E-state index contributed by atoms with van der Waals surface area (Å²) in [6.07, 6.45) is 0.327. The van der Waals surface area contributed by atoms with Crippen molar-refractivity contribution >= 4 is 23.1 Å². The van der Waals surface area contributed by atoms with Crippen LogP contribution in [0, 0.1) is 6.92 Å². The van der Waals surface area contributed by atoms with E-state index in [1.807, 2.05) is 23.1 Å². The van der Waals surface area contributed by atoms with Crippen LogP contribution < -0.4 is 5.32 Å². The van der Waals surface area contributed by atoms with Crippen LogP contribution in [0.2, 0.25) is 0 Å². The van der Waals surface area contributed by atoms with E-state index in [4.69, 9.17) is 4.74 Å². The first-order valence-corrected chi connectivity index (χ1v) is 7.82. The molecule has 16 heavy (non-hydrogen) atoms. The van der Waals surface area contributed by atoms with E-state index in [2.05, 4.69) is 30.6 Å². The van der Waals surface area contributed by atoms with Crippen molar-refractivity contribution in [2.45, 2.75) is 26.0 Å². The van der Waals surface area contributed by atoms with Gasteiger partial charge < -0.3 is 10.1 Å². The number of thiophene rings is 1. The number of thioether (sulfide) groups is 1. The lowest BCUT2D eigenvalue weighted by atomic mass is 10.1. The van der Waals surface area contributed by atoms with Crippen molar-refractivity contribution in [1.82, 2.24) is 5.32 Å². The molecule has 1 fully saturated rings. The standard InChI is InChI=1S/C12H19NOS2/c1-3-13-12(10-6-9(2)16-7-10)11-8-15-5-4-14-11/h6-7,11-13H,3-5,8H2,1-2H3. The minimum atomic E-state index is 0.327. The number of aryl methyl sites for hydroxylation is 1. The van der Waals surface area contributed by atoms with Gasteiger partial charge in [0.1, 0.15) is 0 Å². The first-order valence-electron chi connectivity index (χ1n) is 5.79. The van der Waals surface area contributed by atoms with Gasteiger partial charge in [0.15, 0.2) is 0 Å². The zero-order chi connectivity index (χ0) is 11.4. The molecule has 1 aromatic heterocycles. The maximum absolute atomic E-state index is 5.88. The summed E-state index contributed by atoms with van der Waals surface area (Å²) in [5.41, 5.74) is 1.39. The molecule has 0 saturated carbocycles. The Morgan fingerprint density at radius 3 is 3.06 bits per heavy atom. The molecule has 2 rings (SSSR count). The first-order chi connectivity index (χ1) is 7.81. The van der Waals surface area contributed by atoms with Gasteiger partial charge in [-0.3, -0.25) is 0 Å². The highest BCUT2D eigenvalue weighted by Gasteiger charge is 2.26. The molecule has 0 aliphatic carbocycles. The number of likely N-dealkylation sites (N-methyl/N-ethyl adjacent to an activating group) is 1. The molecule has 1 N–H and O–H groups in total. The Balaban J connectivity index is 2.09. The average molecular weight is 257 g/mol. The van der Waals surface area contributed by atoms with E-state index < -0.39 is 0 Å². The molecule has 1 aliphatic rings. The normalized spacial score (nSPS) is 23.2. The molecule has 1 aromatic rings. The van der Waals surface area contributed by atoms with Crippen molar-refractivity contribution in [1.29, 1.82) is 0 Å². The molecule has 90 valence electrons. The summed E-state index contributed by atoms with van der Waals surface area (Å²) in [6, 6.07) is 2.64. The van der Waals surface area contributed by atoms with E-state index >= 15 is 0 Å². The van der Waals surface area contributed by atoms with E-state index in [-0.39, 0.29) is 0 Å². The quantitative estimate of drug-likeness (QED) is 0.896. The number of rotatable bonds is 4. The highest BCUT2D eigenvalue weighted by atomic mass is 32.2. The lowest BCUT2D eigenvalue weighted by Gasteiger charge is -2.30. The van der Waals surface area contributed by atoms with Crippen LogP contribution in [0.4, 0.5) is 0 Å². The fourth-order valence-electron chi connectivity index (χ4n) is 2.01. The van der Waals surface area contributed by atoms with Crippen LogP contribution in [-0.4, -0.2) is 30.8 Å². The second-order valence-electron chi connectivity index (χ2n) is 4.01. The number of hydrogen-bond donors (Lipinski definition) is 1. The Bertz CT molecular complexity index is 321. The molecule has 4 heteroatoms. The molecule has 1 aliphatic heterocycles. The van der Waals surface area contributed by atoms with Gasteiger partial charge in [0.2, 0.25) is 0 Å². The van der Waals surface area contributed by atoms with Crippen molar-refractivity contribution in [3.63, 3.8) is 0 Å². The van der Waals surface area contributed by atoms with Gasteiger partial charge in [-0.05, 0) is 30.5 Å². The highest BCUT2D eigenvalue weighted by molar-refractivity contribution is 7.99. The lowest BCUT2D eigenvalue weighted by Crippen LogP contribution is -2.37. The fourth-order valence-corrected chi connectivity index (χ4v) is 3.65. The Morgan fingerprint density at radius 1 is 1.62 bits per heavy atom. The van der Waals surface area contributed by atoms with Crippen molar-refractivity contribution in [2.75, 3.05) is 24.7 Å². The topological polar surface area (TPSA) is 21.3 Å². The maximum Gasteiger partial charge on any atom is 0.0860 e. The predicted octanol–water partition coefficient (Wildman–Crippen LogP) is 2.84. The SMILES string of the molecule is CCNC(c1csc(C)c1)C1CSCCO1. The fraction of sp³-hybridized carbons (Fsp3) is 0.667. The molecular formula is C12H19NOS2. The van der Waals surface area contributed by atoms with E-state index in [0.717, 1.165) is 24.7 Å².